The van der Waals surface area contributed by atoms with Crippen LogP contribution in [-0.4, -0.2) is 22.8 Å². The number of aryl methyl sites for hydroxylation is 1. The van der Waals surface area contributed by atoms with Gasteiger partial charge in [-0.1, -0.05) is 61.9 Å². The first-order valence-corrected chi connectivity index (χ1v) is 13.7. The van der Waals surface area contributed by atoms with Crippen molar-refractivity contribution in [2.75, 3.05) is 13.7 Å². The van der Waals surface area contributed by atoms with Gasteiger partial charge in [0.2, 0.25) is 0 Å². The van der Waals surface area contributed by atoms with Crippen molar-refractivity contribution >= 4 is 0 Å². The Labute approximate surface area is 246 Å². The van der Waals surface area contributed by atoms with E-state index in [1.807, 2.05) is 0 Å². The molecule has 0 bridgehead atoms. The topological polar surface area (TPSA) is 79.2 Å². The van der Waals surface area contributed by atoms with E-state index < -0.39 is 46.7 Å². The fraction of sp³-hybridized carbons (Fsp3) is 0.312. The summed E-state index contributed by atoms with van der Waals surface area (Å²) in [5.74, 6) is -2.21. The average Bonchev–Trinajstić information content (AvgIpc) is 2.97. The van der Waals surface area contributed by atoms with Crippen LogP contribution in [0.5, 0.6) is 5.75 Å². The summed E-state index contributed by atoms with van der Waals surface area (Å²) >= 11 is 0. The lowest BCUT2D eigenvalue weighted by Crippen LogP contribution is -2.43. The molecule has 11 heteroatoms. The normalized spacial score (nSPS) is 11.2. The van der Waals surface area contributed by atoms with Crippen LogP contribution >= 0.6 is 0 Å². The first-order valence-electron chi connectivity index (χ1n) is 13.7. The zero-order valence-electron chi connectivity index (χ0n) is 24.2. The van der Waals surface area contributed by atoms with E-state index >= 15 is 4.39 Å². The fourth-order valence-electron chi connectivity index (χ4n) is 4.59. The molecule has 0 unspecified atom stereocenters. The van der Waals surface area contributed by atoms with E-state index in [9.17, 15) is 27.2 Å². The van der Waals surface area contributed by atoms with Gasteiger partial charge in [-0.05, 0) is 50.1 Å². The molecular weight excluding hydrogens is 569 g/mol. The van der Waals surface area contributed by atoms with Gasteiger partial charge in [-0.15, -0.1) is 0 Å². The summed E-state index contributed by atoms with van der Waals surface area (Å²) in [6, 6.07) is 15.5. The van der Waals surface area contributed by atoms with Gasteiger partial charge >= 0.3 is 11.9 Å². The molecule has 0 fully saturated rings. The number of unbranched alkanes of at least 4 members (excludes halogenated alkanes) is 1. The van der Waals surface area contributed by atoms with E-state index in [-0.39, 0.29) is 35.5 Å². The number of methoxy groups -OCH3 is 1. The van der Waals surface area contributed by atoms with Gasteiger partial charge in [0.05, 0.1) is 24.8 Å². The lowest BCUT2D eigenvalue weighted by Gasteiger charge is -2.20. The summed E-state index contributed by atoms with van der Waals surface area (Å²) in [5, 5.41) is 0. The van der Waals surface area contributed by atoms with Crippen LogP contribution in [0.4, 0.5) is 22.0 Å². The minimum atomic E-state index is -4.89. The summed E-state index contributed by atoms with van der Waals surface area (Å²) in [7, 11) is 1.24. The van der Waals surface area contributed by atoms with Gasteiger partial charge in [-0.2, -0.15) is 13.2 Å². The Hall–Kier alpha value is -4.25. The van der Waals surface area contributed by atoms with Crippen LogP contribution in [0.15, 0.2) is 76.3 Å². The Morgan fingerprint density at radius 1 is 0.907 bits per heavy atom. The Kier molecular flexibility index (Phi) is 11.4. The smallest absolute Gasteiger partial charge is 0.416 e. The Morgan fingerprint density at radius 2 is 1.58 bits per heavy atom. The van der Waals surface area contributed by atoms with Gasteiger partial charge in [0.1, 0.15) is 5.82 Å². The van der Waals surface area contributed by atoms with E-state index in [0.717, 1.165) is 33.4 Å². The van der Waals surface area contributed by atoms with Crippen molar-refractivity contribution in [1.29, 1.82) is 0 Å². The van der Waals surface area contributed by atoms with Gasteiger partial charge in [0.15, 0.2) is 11.6 Å². The van der Waals surface area contributed by atoms with Crippen molar-refractivity contribution in [2.24, 2.45) is 5.73 Å². The number of aromatic nitrogens is 2. The van der Waals surface area contributed by atoms with Crippen LogP contribution in [0.3, 0.4) is 0 Å². The molecule has 0 amide bonds. The SMILES string of the molecule is CCCCN.COc1cccc(-c2c(C)n(Cc3c(F)cccc3C(F)(F)F)c(=O)n(CCc3ccccc3)c2=O)c1F. The second kappa shape index (κ2) is 14.8. The number of nitrogens with two attached hydrogens (primary N) is 1. The minimum Gasteiger partial charge on any atom is -0.494 e. The van der Waals surface area contributed by atoms with Crippen molar-refractivity contribution < 1.29 is 26.7 Å². The molecule has 2 N–H and O–H groups in total. The van der Waals surface area contributed by atoms with E-state index in [1.54, 1.807) is 30.3 Å². The predicted molar refractivity (Wildman–Crippen MR) is 156 cm³/mol. The molecule has 43 heavy (non-hydrogen) atoms. The summed E-state index contributed by atoms with van der Waals surface area (Å²) in [5.41, 5.74) is 1.62. The highest BCUT2D eigenvalue weighted by molar-refractivity contribution is 5.67. The van der Waals surface area contributed by atoms with Crippen LogP contribution < -0.4 is 21.7 Å². The molecule has 0 aliphatic carbocycles. The maximum atomic E-state index is 15.3. The van der Waals surface area contributed by atoms with Crippen LogP contribution in [0.1, 0.15) is 42.1 Å². The lowest BCUT2D eigenvalue weighted by molar-refractivity contribution is -0.138. The zero-order valence-corrected chi connectivity index (χ0v) is 24.2. The molecule has 1 aromatic heterocycles. The third kappa shape index (κ3) is 7.78. The number of benzene rings is 3. The monoisotopic (exact) mass is 603 g/mol. The van der Waals surface area contributed by atoms with Gasteiger partial charge in [-0.25, -0.2) is 13.6 Å². The van der Waals surface area contributed by atoms with Gasteiger partial charge in [0.25, 0.3) is 5.56 Å². The minimum absolute atomic E-state index is 0.112. The lowest BCUT2D eigenvalue weighted by atomic mass is 10.0. The second-order valence-electron chi connectivity index (χ2n) is 9.75. The van der Waals surface area contributed by atoms with E-state index in [0.29, 0.717) is 6.07 Å². The second-order valence-corrected chi connectivity index (χ2v) is 9.75. The maximum absolute atomic E-state index is 15.3. The molecule has 0 atom stereocenters. The number of halogens is 5. The standard InChI is InChI=1S/C28H23F5N2O3.C4H11N/c1-17-24(19-10-6-13-23(38-2)25(19)30)26(36)34(15-14-18-8-4-3-5-9-18)27(37)35(17)16-20-21(28(31,32)33)11-7-12-22(20)29;1-2-3-4-5/h3-13H,14-16H2,1-2H3;2-5H2,1H3. The molecule has 230 valence electrons. The molecule has 0 aliphatic heterocycles. The number of hydrogen-bond acceptors (Lipinski definition) is 4. The third-order valence-electron chi connectivity index (χ3n) is 6.91. The van der Waals surface area contributed by atoms with Gasteiger partial charge < -0.3 is 10.5 Å². The van der Waals surface area contributed by atoms with E-state index in [4.69, 9.17) is 10.5 Å². The number of hydrogen-bond donors (Lipinski definition) is 1. The molecule has 1 heterocycles. The summed E-state index contributed by atoms with van der Waals surface area (Å²) in [6.07, 6.45) is -2.26. The third-order valence-corrected chi connectivity index (χ3v) is 6.91. The molecule has 0 aliphatic rings. The first kappa shape index (κ1) is 33.3. The van der Waals surface area contributed by atoms with E-state index in [2.05, 4.69) is 6.92 Å². The van der Waals surface area contributed by atoms with Gasteiger partial charge in [0, 0.05) is 23.4 Å². The zero-order chi connectivity index (χ0) is 31.7. The molecule has 4 rings (SSSR count). The fourth-order valence-corrected chi connectivity index (χ4v) is 4.59. The molecule has 4 aromatic rings. The Balaban J connectivity index is 0.000000934. The van der Waals surface area contributed by atoms with Crippen molar-refractivity contribution in [3.05, 3.63) is 122 Å². The molecule has 0 radical (unpaired) electrons. The molecule has 6 nitrogen and oxygen atoms in total. The summed E-state index contributed by atoms with van der Waals surface area (Å²) in [6.45, 7) is 3.33. The molecule has 0 spiro atoms. The van der Waals surface area contributed by atoms with E-state index in [1.165, 1.54) is 45.1 Å². The van der Waals surface area contributed by atoms with Crippen LogP contribution in [0, 0.1) is 18.6 Å². The van der Waals surface area contributed by atoms with Gasteiger partial charge in [-0.3, -0.25) is 13.9 Å². The quantitative estimate of drug-likeness (QED) is 0.227. The number of rotatable bonds is 9. The van der Waals surface area contributed by atoms with Crippen molar-refractivity contribution in [3.63, 3.8) is 0 Å². The van der Waals surface area contributed by atoms with Crippen LogP contribution in [-0.2, 0) is 25.7 Å². The summed E-state index contributed by atoms with van der Waals surface area (Å²) < 4.78 is 77.8. The highest BCUT2D eigenvalue weighted by Gasteiger charge is 2.35. The molecule has 0 saturated carbocycles. The van der Waals surface area contributed by atoms with Crippen LogP contribution in [0.25, 0.3) is 11.1 Å². The predicted octanol–water partition coefficient (Wildman–Crippen LogP) is 6.33. The number of nitrogens with zero attached hydrogens (tertiary/aromatic N) is 2. The highest BCUT2D eigenvalue weighted by atomic mass is 19.4. The van der Waals surface area contributed by atoms with Crippen molar-refractivity contribution in [3.8, 4) is 16.9 Å². The summed E-state index contributed by atoms with van der Waals surface area (Å²) in [4.78, 5) is 27.1. The van der Waals surface area contributed by atoms with Crippen molar-refractivity contribution in [1.82, 2.24) is 9.13 Å². The highest BCUT2D eigenvalue weighted by Crippen LogP contribution is 2.34. The molecule has 3 aromatic carbocycles. The van der Waals surface area contributed by atoms with Crippen LogP contribution in [0.2, 0.25) is 0 Å². The largest absolute Gasteiger partial charge is 0.494 e. The van der Waals surface area contributed by atoms with Crippen molar-refractivity contribution in [2.45, 2.75) is 52.4 Å². The molecule has 0 saturated heterocycles. The number of ether oxygens (including phenoxy) is 1. The molecular formula is C32H34F5N3O3. The first-order chi connectivity index (χ1) is 20.5. The Bertz CT molecular complexity index is 1650. The Morgan fingerprint density at radius 3 is 2.16 bits per heavy atom. The number of alkyl halides is 3. The average molecular weight is 604 g/mol. The maximum Gasteiger partial charge on any atom is 0.416 e.